The fourth-order valence-electron chi connectivity index (χ4n) is 8.27. The molecule has 1 fully saturated rings. The van der Waals surface area contributed by atoms with Crippen molar-refractivity contribution in [2.24, 2.45) is 5.92 Å². The summed E-state index contributed by atoms with van der Waals surface area (Å²) in [4.78, 5) is 44.8. The first-order valence-electron chi connectivity index (χ1n) is 18.1. The van der Waals surface area contributed by atoms with Crippen molar-refractivity contribution in [3.05, 3.63) is 120 Å². The number of benzene rings is 4. The second-order valence-electron chi connectivity index (χ2n) is 14.7. The van der Waals surface area contributed by atoms with E-state index in [1.54, 1.807) is 29.0 Å². The van der Waals surface area contributed by atoms with E-state index in [1.165, 1.54) is 12.1 Å². The molecule has 5 atom stereocenters. The monoisotopic (exact) mass is 735 g/mol. The number of hydrogen-bond donors (Lipinski definition) is 3. The van der Waals surface area contributed by atoms with E-state index in [9.17, 15) is 19.8 Å². The number of carbonyl (C=O) groups is 3. The molecule has 0 unspecified atom stereocenters. The van der Waals surface area contributed by atoms with Crippen molar-refractivity contribution in [3.8, 4) is 5.75 Å². The fraction of sp³-hybridized carbons (Fsp3) is 0.357. The number of para-hydroxylation sites is 1. The molecule has 278 valence electrons. The molecule has 2 aliphatic heterocycles. The molecule has 2 heterocycles. The van der Waals surface area contributed by atoms with Gasteiger partial charge in [0.1, 0.15) is 11.9 Å². The van der Waals surface area contributed by atoms with Crippen molar-refractivity contribution >= 4 is 42.4 Å². The predicted octanol–water partition coefficient (Wildman–Crippen LogP) is 5.19. The van der Waals surface area contributed by atoms with E-state index >= 15 is 4.79 Å². The molecular weight excluding hydrogens is 687 g/mol. The molecule has 0 aromatic heterocycles. The Kier molecular flexibility index (Phi) is 11.2. The highest BCUT2D eigenvalue weighted by Gasteiger charge is 2.66. The summed E-state index contributed by atoms with van der Waals surface area (Å²) in [6.07, 6.45) is -1.65. The van der Waals surface area contributed by atoms with Gasteiger partial charge in [0.05, 0.1) is 46.5 Å². The third-order valence-corrected chi connectivity index (χ3v) is 15.4. The van der Waals surface area contributed by atoms with Gasteiger partial charge in [0.15, 0.2) is 5.60 Å². The standard InChI is InChI=1S/C42H49N3O7Si/c1-28-39(53(4,5)34-21-19-33(51-3)20-22-34)37(25-38(48)44(23-24-46)26-30-11-7-6-8-12-30)52-42(28)35-13-9-10-14-36(35)45(41(42)50)27-31-15-17-32(18-16-31)43-40(49)29(2)47/h6-22,28-29,37,39,46-47H,23-27H2,1-5H3,(H,43,49)/t28-,29-,37+,39-,42+/m0/s1. The van der Waals surface area contributed by atoms with Crippen LogP contribution in [0.2, 0.25) is 18.6 Å². The summed E-state index contributed by atoms with van der Waals surface area (Å²) < 4.78 is 12.6. The summed E-state index contributed by atoms with van der Waals surface area (Å²) in [5, 5.41) is 23.4. The summed E-state index contributed by atoms with van der Waals surface area (Å²) in [5.74, 6) is -0.346. The van der Waals surface area contributed by atoms with E-state index in [0.717, 1.165) is 28.1 Å². The van der Waals surface area contributed by atoms with Crippen LogP contribution in [0.3, 0.4) is 0 Å². The summed E-state index contributed by atoms with van der Waals surface area (Å²) in [7, 11) is -0.854. The van der Waals surface area contributed by atoms with Crippen LogP contribution in [-0.2, 0) is 37.8 Å². The Labute approximate surface area is 312 Å². The molecule has 2 aliphatic rings. The number of methoxy groups -OCH3 is 1. The Balaban J connectivity index is 1.36. The average Bonchev–Trinajstić information content (AvgIpc) is 3.58. The Morgan fingerprint density at radius 2 is 1.62 bits per heavy atom. The molecule has 1 spiro atoms. The van der Waals surface area contributed by atoms with Gasteiger partial charge in [-0.3, -0.25) is 14.4 Å². The second kappa shape index (κ2) is 15.7. The van der Waals surface area contributed by atoms with Crippen LogP contribution in [0.5, 0.6) is 5.75 Å². The maximum absolute atomic E-state index is 15.1. The third kappa shape index (κ3) is 7.39. The number of carbonyl (C=O) groups excluding carboxylic acids is 3. The van der Waals surface area contributed by atoms with Crippen LogP contribution >= 0.6 is 0 Å². The van der Waals surface area contributed by atoms with E-state index in [0.29, 0.717) is 12.2 Å². The van der Waals surface area contributed by atoms with Gasteiger partial charge in [-0.15, -0.1) is 0 Å². The molecule has 6 rings (SSSR count). The summed E-state index contributed by atoms with van der Waals surface area (Å²) in [6.45, 7) is 8.71. The van der Waals surface area contributed by atoms with Crippen LogP contribution in [-0.4, -0.2) is 73.4 Å². The molecule has 0 saturated carbocycles. The minimum Gasteiger partial charge on any atom is -0.497 e. The fourth-order valence-corrected chi connectivity index (χ4v) is 12.3. The van der Waals surface area contributed by atoms with E-state index in [1.807, 2.05) is 78.9 Å². The first-order valence-corrected chi connectivity index (χ1v) is 21.2. The molecule has 3 N–H and O–H groups in total. The molecule has 10 nitrogen and oxygen atoms in total. The Morgan fingerprint density at radius 3 is 2.26 bits per heavy atom. The molecule has 0 aliphatic carbocycles. The van der Waals surface area contributed by atoms with Gasteiger partial charge in [-0.1, -0.05) is 98.0 Å². The number of rotatable bonds is 13. The Bertz CT molecular complexity index is 1920. The number of amides is 3. The van der Waals surface area contributed by atoms with E-state index in [4.69, 9.17) is 9.47 Å². The Hall–Kier alpha value is -4.81. The summed E-state index contributed by atoms with van der Waals surface area (Å²) >= 11 is 0. The minimum atomic E-state index is -2.49. The van der Waals surface area contributed by atoms with Crippen LogP contribution in [0, 0.1) is 5.92 Å². The molecule has 4 aromatic carbocycles. The minimum absolute atomic E-state index is 0.0608. The van der Waals surface area contributed by atoms with Gasteiger partial charge < -0.3 is 34.8 Å². The number of anilines is 2. The first kappa shape index (κ1) is 37.9. The number of ether oxygens (including phenoxy) is 2. The smallest absolute Gasteiger partial charge is 0.264 e. The zero-order valence-electron chi connectivity index (χ0n) is 31.0. The van der Waals surface area contributed by atoms with Gasteiger partial charge in [0, 0.05) is 30.3 Å². The molecule has 11 heteroatoms. The van der Waals surface area contributed by atoms with Crippen molar-refractivity contribution in [2.75, 3.05) is 30.5 Å². The zero-order valence-corrected chi connectivity index (χ0v) is 32.0. The van der Waals surface area contributed by atoms with Crippen molar-refractivity contribution < 1.29 is 34.1 Å². The maximum atomic E-state index is 15.1. The lowest BCUT2D eigenvalue weighted by Crippen LogP contribution is -2.52. The van der Waals surface area contributed by atoms with Gasteiger partial charge in [0.2, 0.25) is 5.91 Å². The number of hydrogen-bond acceptors (Lipinski definition) is 7. The topological polar surface area (TPSA) is 129 Å². The highest BCUT2D eigenvalue weighted by atomic mass is 28.3. The molecule has 1 saturated heterocycles. The summed E-state index contributed by atoms with van der Waals surface area (Å²) in [6, 6.07) is 32.8. The van der Waals surface area contributed by atoms with Crippen LogP contribution in [0.15, 0.2) is 103 Å². The molecular formula is C42H49N3O7Si. The van der Waals surface area contributed by atoms with Crippen molar-refractivity contribution in [1.82, 2.24) is 4.90 Å². The van der Waals surface area contributed by atoms with Crippen molar-refractivity contribution in [1.29, 1.82) is 0 Å². The first-order chi connectivity index (χ1) is 25.4. The Morgan fingerprint density at radius 1 is 0.962 bits per heavy atom. The lowest BCUT2D eigenvalue weighted by Gasteiger charge is -2.37. The lowest BCUT2D eigenvalue weighted by atomic mass is 9.82. The molecule has 3 amide bonds. The quantitative estimate of drug-likeness (QED) is 0.161. The van der Waals surface area contributed by atoms with Crippen LogP contribution < -0.4 is 20.1 Å². The van der Waals surface area contributed by atoms with Crippen molar-refractivity contribution in [2.45, 2.75) is 69.8 Å². The van der Waals surface area contributed by atoms with Crippen molar-refractivity contribution in [3.63, 3.8) is 0 Å². The SMILES string of the molecule is COc1ccc([Si](C)(C)[C@@H]2[C@@H](CC(=O)N(CCO)Cc3ccccc3)O[C@]3(C(=O)N(Cc4ccc(NC(=O)[C@H](C)O)cc4)c4ccccc43)[C@H]2C)cc1. The van der Waals surface area contributed by atoms with Crippen LogP contribution in [0.25, 0.3) is 0 Å². The number of nitrogens with zero attached hydrogens (tertiary/aromatic N) is 2. The average molecular weight is 736 g/mol. The number of nitrogens with one attached hydrogen (secondary N) is 1. The van der Waals surface area contributed by atoms with E-state index in [-0.39, 0.29) is 49.4 Å². The molecule has 0 bridgehead atoms. The van der Waals surface area contributed by atoms with Gasteiger partial charge in [0.25, 0.3) is 11.8 Å². The zero-order chi connectivity index (χ0) is 37.9. The van der Waals surface area contributed by atoms with Gasteiger partial charge in [-0.2, -0.15) is 0 Å². The normalized spacial score (nSPS) is 21.4. The number of aliphatic hydroxyl groups excluding tert-OH is 2. The molecule has 53 heavy (non-hydrogen) atoms. The van der Waals surface area contributed by atoms with Crippen LogP contribution in [0.4, 0.5) is 11.4 Å². The third-order valence-electron chi connectivity index (χ3n) is 11.0. The van der Waals surface area contributed by atoms with Crippen LogP contribution in [0.1, 0.15) is 37.0 Å². The maximum Gasteiger partial charge on any atom is 0.264 e. The van der Waals surface area contributed by atoms with Gasteiger partial charge >= 0.3 is 0 Å². The highest BCUT2D eigenvalue weighted by Crippen LogP contribution is 2.60. The van der Waals surface area contributed by atoms with E-state index in [2.05, 4.69) is 37.5 Å². The molecule has 0 radical (unpaired) electrons. The van der Waals surface area contributed by atoms with Gasteiger partial charge in [-0.05, 0) is 53.9 Å². The highest BCUT2D eigenvalue weighted by molar-refractivity contribution is 6.91. The lowest BCUT2D eigenvalue weighted by molar-refractivity contribution is -0.150. The predicted molar refractivity (Wildman–Crippen MR) is 208 cm³/mol. The largest absolute Gasteiger partial charge is 0.497 e. The number of aliphatic hydroxyl groups is 2. The van der Waals surface area contributed by atoms with E-state index < -0.39 is 31.8 Å². The number of fused-ring (bicyclic) bond motifs is 2. The second-order valence-corrected chi connectivity index (χ2v) is 19.3. The summed E-state index contributed by atoms with van der Waals surface area (Å²) in [5.41, 5.74) is 2.44. The molecule has 4 aromatic rings. The van der Waals surface area contributed by atoms with Gasteiger partial charge in [-0.25, -0.2) is 0 Å².